The van der Waals surface area contributed by atoms with Gasteiger partial charge < -0.3 is 9.88 Å². The molecule has 0 aliphatic rings. The van der Waals surface area contributed by atoms with E-state index in [4.69, 9.17) is 0 Å². The molecule has 1 aromatic heterocycles. The van der Waals surface area contributed by atoms with Crippen LogP contribution in [0, 0.1) is 24.0 Å². The number of nitrogens with one attached hydrogen (secondary N) is 1. The zero-order chi connectivity index (χ0) is 20.3. The Balaban J connectivity index is 1.72. The van der Waals surface area contributed by atoms with Crippen molar-refractivity contribution in [3.8, 4) is 11.4 Å². The molecule has 3 aromatic rings. The Hall–Kier alpha value is -3.20. The second-order valence-electron chi connectivity index (χ2n) is 6.24. The van der Waals surface area contributed by atoms with Gasteiger partial charge >= 0.3 is 0 Å². The number of carbonyl (C=O) groups is 1. The Bertz CT molecular complexity index is 1050. The quantitative estimate of drug-likeness (QED) is 0.386. The summed E-state index contributed by atoms with van der Waals surface area (Å²) in [4.78, 5) is 23.0. The highest BCUT2D eigenvalue weighted by Gasteiger charge is 2.19. The number of hydrogen-bond donors (Lipinski definition) is 1. The van der Waals surface area contributed by atoms with E-state index in [1.165, 1.54) is 17.8 Å². The number of nitro groups is 1. The summed E-state index contributed by atoms with van der Waals surface area (Å²) in [5.74, 6) is 0.434. The fraction of sp³-hybridized carbons (Fsp3) is 0.211. The van der Waals surface area contributed by atoms with Crippen LogP contribution in [-0.4, -0.2) is 31.3 Å². The minimum Gasteiger partial charge on any atom is -0.319 e. The SMILES string of the molecule is Cc1ccccc1-c1nnc(SCC(=O)Nc2c(C)cccc2[N+](=O)[O-])n1C. The van der Waals surface area contributed by atoms with Crippen LogP contribution in [0.4, 0.5) is 11.4 Å². The topological polar surface area (TPSA) is 103 Å². The van der Waals surface area contributed by atoms with Gasteiger partial charge in [-0.15, -0.1) is 10.2 Å². The molecule has 2 aromatic carbocycles. The average Bonchev–Trinajstić information content (AvgIpc) is 3.02. The van der Waals surface area contributed by atoms with E-state index in [-0.39, 0.29) is 23.0 Å². The average molecular weight is 397 g/mol. The first-order valence-corrected chi connectivity index (χ1v) is 9.49. The number of benzene rings is 2. The van der Waals surface area contributed by atoms with Crippen LogP contribution in [0.5, 0.6) is 0 Å². The van der Waals surface area contributed by atoms with E-state index in [1.807, 2.05) is 42.8 Å². The number of hydrogen-bond acceptors (Lipinski definition) is 6. The van der Waals surface area contributed by atoms with E-state index in [0.717, 1.165) is 17.0 Å². The van der Waals surface area contributed by atoms with E-state index in [9.17, 15) is 14.9 Å². The van der Waals surface area contributed by atoms with Gasteiger partial charge in [-0.25, -0.2) is 0 Å². The third-order valence-corrected chi connectivity index (χ3v) is 5.29. The highest BCUT2D eigenvalue weighted by molar-refractivity contribution is 7.99. The molecule has 28 heavy (non-hydrogen) atoms. The summed E-state index contributed by atoms with van der Waals surface area (Å²) in [6, 6.07) is 12.5. The molecular weight excluding hydrogens is 378 g/mol. The Labute approximate surface area is 166 Å². The van der Waals surface area contributed by atoms with E-state index in [1.54, 1.807) is 19.1 Å². The number of thioether (sulfide) groups is 1. The number of nitro benzene ring substituents is 1. The number of nitrogens with zero attached hydrogens (tertiary/aromatic N) is 4. The molecule has 0 aliphatic heterocycles. The summed E-state index contributed by atoms with van der Waals surface area (Å²) in [7, 11) is 1.84. The first-order valence-electron chi connectivity index (χ1n) is 8.50. The lowest BCUT2D eigenvalue weighted by atomic mass is 10.1. The van der Waals surface area contributed by atoms with Crippen LogP contribution in [-0.2, 0) is 11.8 Å². The van der Waals surface area contributed by atoms with Crippen LogP contribution in [0.1, 0.15) is 11.1 Å². The molecule has 0 atom stereocenters. The summed E-state index contributed by atoms with van der Waals surface area (Å²) in [6.07, 6.45) is 0. The van der Waals surface area contributed by atoms with Crippen LogP contribution in [0.2, 0.25) is 0 Å². The number of aromatic nitrogens is 3. The summed E-state index contributed by atoms with van der Waals surface area (Å²) in [5, 5.41) is 22.8. The molecule has 0 spiro atoms. The van der Waals surface area contributed by atoms with Gasteiger partial charge in [0.1, 0.15) is 5.69 Å². The minimum atomic E-state index is -0.507. The zero-order valence-corrected chi connectivity index (χ0v) is 16.5. The standard InChI is InChI=1S/C19H19N5O3S/c1-12-7-4-5-9-14(12)18-21-22-19(23(18)3)28-11-16(25)20-17-13(2)8-6-10-15(17)24(26)27/h4-10H,11H2,1-3H3,(H,20,25). The normalized spacial score (nSPS) is 10.7. The lowest BCUT2D eigenvalue weighted by molar-refractivity contribution is -0.384. The first kappa shape index (κ1) is 19.6. The van der Waals surface area contributed by atoms with E-state index < -0.39 is 4.92 Å². The summed E-state index contributed by atoms with van der Waals surface area (Å²) in [6.45, 7) is 3.71. The molecule has 0 saturated heterocycles. The molecule has 1 N–H and O–H groups in total. The molecule has 1 heterocycles. The summed E-state index contributed by atoms with van der Waals surface area (Å²) in [5.41, 5.74) is 2.78. The Morgan fingerprint density at radius 1 is 1.14 bits per heavy atom. The Kier molecular flexibility index (Phi) is 5.74. The molecule has 144 valence electrons. The van der Waals surface area contributed by atoms with Crippen molar-refractivity contribution in [1.82, 2.24) is 14.8 Å². The molecule has 8 nitrogen and oxygen atoms in total. The van der Waals surface area contributed by atoms with Crippen molar-refractivity contribution < 1.29 is 9.72 Å². The predicted octanol–water partition coefficient (Wildman–Crippen LogP) is 3.74. The third kappa shape index (κ3) is 4.04. The van der Waals surface area contributed by atoms with Gasteiger partial charge in [0.2, 0.25) is 5.91 Å². The molecule has 0 aliphatic carbocycles. The number of aryl methyl sites for hydroxylation is 2. The molecule has 3 rings (SSSR count). The second kappa shape index (κ2) is 8.22. The highest BCUT2D eigenvalue weighted by Crippen LogP contribution is 2.29. The molecule has 9 heteroatoms. The van der Waals surface area contributed by atoms with Gasteiger partial charge in [0, 0.05) is 18.7 Å². The van der Waals surface area contributed by atoms with Gasteiger partial charge in [-0.1, -0.05) is 48.2 Å². The van der Waals surface area contributed by atoms with Crippen molar-refractivity contribution in [2.45, 2.75) is 19.0 Å². The maximum absolute atomic E-state index is 12.3. The number of carbonyl (C=O) groups excluding carboxylic acids is 1. The largest absolute Gasteiger partial charge is 0.319 e. The highest BCUT2D eigenvalue weighted by atomic mass is 32.2. The van der Waals surface area contributed by atoms with Crippen molar-refractivity contribution >= 4 is 29.0 Å². The van der Waals surface area contributed by atoms with Crippen molar-refractivity contribution in [2.75, 3.05) is 11.1 Å². The van der Waals surface area contributed by atoms with E-state index in [2.05, 4.69) is 15.5 Å². The second-order valence-corrected chi connectivity index (χ2v) is 7.19. The molecule has 0 bridgehead atoms. The lowest BCUT2D eigenvalue weighted by Gasteiger charge is -2.09. The zero-order valence-electron chi connectivity index (χ0n) is 15.7. The fourth-order valence-corrected chi connectivity index (χ4v) is 3.48. The Morgan fingerprint density at radius 2 is 1.86 bits per heavy atom. The van der Waals surface area contributed by atoms with Crippen LogP contribution < -0.4 is 5.32 Å². The van der Waals surface area contributed by atoms with E-state index in [0.29, 0.717) is 10.7 Å². The summed E-state index contributed by atoms with van der Waals surface area (Å²) < 4.78 is 1.83. The fourth-order valence-electron chi connectivity index (χ4n) is 2.77. The predicted molar refractivity (Wildman–Crippen MR) is 108 cm³/mol. The molecule has 0 saturated carbocycles. The summed E-state index contributed by atoms with van der Waals surface area (Å²) >= 11 is 1.22. The third-order valence-electron chi connectivity index (χ3n) is 4.27. The number of anilines is 1. The van der Waals surface area contributed by atoms with Crippen molar-refractivity contribution in [3.05, 3.63) is 63.7 Å². The van der Waals surface area contributed by atoms with Gasteiger partial charge in [-0.05, 0) is 25.0 Å². The van der Waals surface area contributed by atoms with E-state index >= 15 is 0 Å². The van der Waals surface area contributed by atoms with Crippen LogP contribution >= 0.6 is 11.8 Å². The van der Waals surface area contributed by atoms with Gasteiger partial charge in [0.05, 0.1) is 10.7 Å². The molecule has 0 radical (unpaired) electrons. The van der Waals surface area contributed by atoms with Gasteiger partial charge in [-0.3, -0.25) is 14.9 Å². The lowest BCUT2D eigenvalue weighted by Crippen LogP contribution is -2.16. The van der Waals surface area contributed by atoms with Gasteiger partial charge in [0.25, 0.3) is 5.69 Å². The smallest absolute Gasteiger partial charge is 0.293 e. The maximum Gasteiger partial charge on any atom is 0.293 e. The molecule has 0 unspecified atom stereocenters. The van der Waals surface area contributed by atoms with Gasteiger partial charge in [-0.2, -0.15) is 0 Å². The monoisotopic (exact) mass is 397 g/mol. The van der Waals surface area contributed by atoms with Crippen LogP contribution in [0.25, 0.3) is 11.4 Å². The number of rotatable bonds is 6. The Morgan fingerprint density at radius 3 is 2.57 bits per heavy atom. The van der Waals surface area contributed by atoms with Crippen molar-refractivity contribution in [2.24, 2.45) is 7.05 Å². The maximum atomic E-state index is 12.3. The number of amides is 1. The van der Waals surface area contributed by atoms with Gasteiger partial charge in [0.15, 0.2) is 11.0 Å². The molecular formula is C19H19N5O3S. The molecule has 1 amide bonds. The van der Waals surface area contributed by atoms with Crippen molar-refractivity contribution in [1.29, 1.82) is 0 Å². The molecule has 0 fully saturated rings. The minimum absolute atomic E-state index is 0.0607. The number of para-hydroxylation sites is 1. The van der Waals surface area contributed by atoms with Crippen molar-refractivity contribution in [3.63, 3.8) is 0 Å². The van der Waals surface area contributed by atoms with Crippen LogP contribution in [0.3, 0.4) is 0 Å². The first-order chi connectivity index (χ1) is 13.4. The van der Waals surface area contributed by atoms with Crippen LogP contribution in [0.15, 0.2) is 47.6 Å².